The van der Waals surface area contributed by atoms with E-state index in [0.717, 1.165) is 4.48 Å². The van der Waals surface area contributed by atoms with Gasteiger partial charge in [-0.25, -0.2) is 0 Å². The molecule has 0 spiro atoms. The Bertz CT molecular complexity index is 89.6. The summed E-state index contributed by atoms with van der Waals surface area (Å²) in [5.74, 6) is 0. The first-order valence-electron chi connectivity index (χ1n) is 2.98. The molecule has 6 heteroatoms. The Labute approximate surface area is 73.2 Å². The number of quaternary nitrogens is 1. The molecule has 5 nitrogen and oxygen atoms in total. The summed E-state index contributed by atoms with van der Waals surface area (Å²) in [6.45, 7) is 3.39. The molecular formula is C5H14INO4. The molecule has 0 saturated carbocycles. The summed E-state index contributed by atoms with van der Waals surface area (Å²) in [5, 5.41) is 0. The van der Waals surface area contributed by atoms with Crippen molar-refractivity contribution < 1.29 is 38.3 Å². The fraction of sp³-hybridized carbons (Fsp3) is 1.00. The van der Waals surface area contributed by atoms with Crippen LogP contribution in [0, 0.1) is 0 Å². The minimum Gasteiger partial charge on any atom is -0.331 e. The molecule has 0 rings (SSSR count). The minimum atomic E-state index is -5.94. The van der Waals surface area contributed by atoms with Crippen LogP contribution in [-0.2, 0) is 0 Å². The van der Waals surface area contributed by atoms with Gasteiger partial charge in [-0.3, -0.25) is 13.7 Å². The van der Waals surface area contributed by atoms with Gasteiger partial charge in [0.15, 0.2) is 0 Å². The molecule has 70 valence electrons. The van der Waals surface area contributed by atoms with Crippen LogP contribution in [-0.4, -0.2) is 32.2 Å². The Morgan fingerprint density at radius 2 is 1.09 bits per heavy atom. The van der Waals surface area contributed by atoms with E-state index in [1.54, 1.807) is 0 Å². The Balaban J connectivity index is 0. The van der Waals surface area contributed by atoms with E-state index in [-0.39, 0.29) is 0 Å². The Hall–Kier alpha value is 0.530. The van der Waals surface area contributed by atoms with Gasteiger partial charge < -0.3 is 4.48 Å². The van der Waals surface area contributed by atoms with E-state index in [4.69, 9.17) is 13.7 Å². The van der Waals surface area contributed by atoms with E-state index >= 15 is 0 Å². The second-order valence-electron chi connectivity index (χ2n) is 2.98. The van der Waals surface area contributed by atoms with Gasteiger partial charge in [0, 0.05) is 0 Å². The lowest BCUT2D eigenvalue weighted by Crippen LogP contribution is -4.29. The van der Waals surface area contributed by atoms with Crippen molar-refractivity contribution in [2.24, 2.45) is 0 Å². The molecule has 0 heterocycles. The molecule has 0 amide bonds. The highest BCUT2D eigenvalue weighted by atomic mass is 127. The summed E-state index contributed by atoms with van der Waals surface area (Å²) >= 11 is -5.94. The van der Waals surface area contributed by atoms with Crippen LogP contribution in [0.1, 0.15) is 6.92 Å². The molecule has 0 aliphatic heterocycles. The molecule has 0 aromatic carbocycles. The molecule has 0 saturated heterocycles. The molecule has 0 unspecified atom stereocenters. The van der Waals surface area contributed by atoms with Crippen molar-refractivity contribution in [1.29, 1.82) is 0 Å². The molecular weight excluding hydrogens is 265 g/mol. The average Bonchev–Trinajstić information content (AvgIpc) is 1.59. The normalized spacial score (nSPS) is 12.0. The van der Waals surface area contributed by atoms with Gasteiger partial charge in [0.25, 0.3) is 0 Å². The van der Waals surface area contributed by atoms with Gasteiger partial charge in [-0.1, -0.05) is 0 Å². The van der Waals surface area contributed by atoms with Gasteiger partial charge in [-0.05, 0) is 6.92 Å². The van der Waals surface area contributed by atoms with Crippen LogP contribution in [0.5, 0.6) is 0 Å². The van der Waals surface area contributed by atoms with Crippen LogP contribution in [0.25, 0.3) is 0 Å². The Kier molecular flexibility index (Phi) is 6.69. The highest BCUT2D eigenvalue weighted by Crippen LogP contribution is 1.83. The molecule has 0 aromatic heterocycles. The van der Waals surface area contributed by atoms with Crippen molar-refractivity contribution in [3.8, 4) is 0 Å². The summed E-state index contributed by atoms with van der Waals surface area (Å²) in [5.41, 5.74) is 0. The summed E-state index contributed by atoms with van der Waals surface area (Å²) in [6.07, 6.45) is 0. The van der Waals surface area contributed by atoms with Crippen molar-refractivity contribution in [1.82, 2.24) is 0 Å². The zero-order valence-corrected chi connectivity index (χ0v) is 9.32. The molecule has 0 radical (unpaired) electrons. The third kappa shape index (κ3) is 61.5. The molecule has 0 aliphatic carbocycles. The predicted octanol–water partition coefficient (Wildman–Crippen LogP) is -7.04. The van der Waals surface area contributed by atoms with Crippen LogP contribution in [0.4, 0.5) is 0 Å². The fourth-order valence-electron chi connectivity index (χ4n) is 0. The maximum Gasteiger partial charge on any atom is 0.144 e. The molecule has 11 heavy (non-hydrogen) atoms. The maximum atomic E-state index is 8.62. The number of rotatable bonds is 1. The molecule has 0 N–H and O–H groups in total. The van der Waals surface area contributed by atoms with E-state index in [0.29, 0.717) is 0 Å². The van der Waals surface area contributed by atoms with Gasteiger partial charge in [-0.2, -0.15) is 0 Å². The van der Waals surface area contributed by atoms with Crippen molar-refractivity contribution in [3.05, 3.63) is 0 Å². The minimum absolute atomic E-state index is 1.07. The van der Waals surface area contributed by atoms with Crippen LogP contribution >= 0.6 is 0 Å². The van der Waals surface area contributed by atoms with Crippen LogP contribution in [0.2, 0.25) is 0 Å². The first-order chi connectivity index (χ1) is 4.56. The number of nitrogens with zero attached hydrogens (tertiary/aromatic N) is 1. The average molecular weight is 279 g/mol. The van der Waals surface area contributed by atoms with Crippen molar-refractivity contribution >= 4 is 0 Å². The molecule has 0 bridgehead atoms. The van der Waals surface area contributed by atoms with Crippen LogP contribution < -0.4 is 33.8 Å². The van der Waals surface area contributed by atoms with Crippen LogP contribution in [0.15, 0.2) is 0 Å². The highest BCUT2D eigenvalue weighted by molar-refractivity contribution is 4.06. The van der Waals surface area contributed by atoms with Gasteiger partial charge in [0.2, 0.25) is 0 Å². The summed E-state index contributed by atoms with van der Waals surface area (Å²) in [7, 11) is 6.54. The first-order valence-corrected chi connectivity index (χ1v) is 6.51. The largest absolute Gasteiger partial charge is 0.331 e. The monoisotopic (exact) mass is 279 g/mol. The molecule has 0 atom stereocenters. The standard InChI is InChI=1S/C5H14N.IO4/c1-5-6(2,3)4;2-1(3,4)5/h5H2,1-4H3;/q+1;-1. The quantitative estimate of drug-likeness (QED) is 0.352. The smallest absolute Gasteiger partial charge is 0.144 e. The molecule has 0 aromatic rings. The van der Waals surface area contributed by atoms with E-state index in [1.807, 2.05) is 0 Å². The molecule has 0 fully saturated rings. The SMILES string of the molecule is CC[N+](C)(C)C.[O-][I+3]([O-])([O-])[O-]. The van der Waals surface area contributed by atoms with Gasteiger partial charge in [0.05, 0.1) is 27.7 Å². The summed E-state index contributed by atoms with van der Waals surface area (Å²) in [6, 6.07) is 0. The highest BCUT2D eigenvalue weighted by Gasteiger charge is 1.97. The number of hydrogen-bond donors (Lipinski definition) is 0. The summed E-state index contributed by atoms with van der Waals surface area (Å²) in [4.78, 5) is 0. The lowest BCUT2D eigenvalue weighted by atomic mass is 10.6. The third-order valence-corrected chi connectivity index (χ3v) is 0.949. The van der Waals surface area contributed by atoms with E-state index in [2.05, 4.69) is 28.1 Å². The van der Waals surface area contributed by atoms with Crippen molar-refractivity contribution in [2.75, 3.05) is 27.7 Å². The van der Waals surface area contributed by atoms with E-state index in [1.165, 1.54) is 6.54 Å². The van der Waals surface area contributed by atoms with Crippen molar-refractivity contribution in [3.63, 3.8) is 0 Å². The third-order valence-electron chi connectivity index (χ3n) is 0.949. The van der Waals surface area contributed by atoms with Crippen molar-refractivity contribution in [2.45, 2.75) is 6.92 Å². The number of hydrogen-bond acceptors (Lipinski definition) is 4. The fourth-order valence-corrected chi connectivity index (χ4v) is 0. The Morgan fingerprint density at radius 3 is 1.09 bits per heavy atom. The van der Waals surface area contributed by atoms with E-state index < -0.39 is 20.1 Å². The topological polar surface area (TPSA) is 92.2 Å². The number of halogens is 1. The lowest BCUT2D eigenvalue weighted by Gasteiger charge is -2.20. The summed E-state index contributed by atoms with van der Waals surface area (Å²) < 4.78 is 35.5. The molecule has 0 aliphatic rings. The lowest BCUT2D eigenvalue weighted by molar-refractivity contribution is -2.00. The Morgan fingerprint density at radius 1 is 1.00 bits per heavy atom. The maximum absolute atomic E-state index is 8.62. The second kappa shape index (κ2) is 5.22. The zero-order valence-electron chi connectivity index (χ0n) is 7.17. The first kappa shape index (κ1) is 14.1. The zero-order chi connectivity index (χ0) is 9.71. The van der Waals surface area contributed by atoms with Crippen LogP contribution in [0.3, 0.4) is 0 Å². The van der Waals surface area contributed by atoms with Gasteiger partial charge in [-0.15, -0.1) is 0 Å². The van der Waals surface area contributed by atoms with E-state index in [9.17, 15) is 0 Å². The van der Waals surface area contributed by atoms with Gasteiger partial charge >= 0.3 is 0 Å². The van der Waals surface area contributed by atoms with Gasteiger partial charge in [0.1, 0.15) is 20.1 Å². The predicted molar refractivity (Wildman–Crippen MR) is 28.6 cm³/mol. The second-order valence-corrected chi connectivity index (χ2v) is 5.14.